The van der Waals surface area contributed by atoms with E-state index in [1.807, 2.05) is 0 Å². The Labute approximate surface area is 151 Å². The average Bonchev–Trinajstić information content (AvgIpc) is 2.59. The third kappa shape index (κ3) is 3.54. The lowest BCUT2D eigenvalue weighted by Crippen LogP contribution is -2.59. The van der Waals surface area contributed by atoms with Crippen LogP contribution in [-0.4, -0.2) is 17.7 Å². The zero-order chi connectivity index (χ0) is 18.0. The van der Waals surface area contributed by atoms with Gasteiger partial charge in [0.05, 0.1) is 5.70 Å². The standard InChI is InChI=1S/C17H15BrFN5O/c18-12-8-4-7-11(9-12)15(25)23-17(21)14(19)13(22-16(20)24-17)10-5-2-1-3-6-10/h1-9H,21H2,(H,23,25)(H3,20,22,24). The molecule has 1 heterocycles. The molecule has 1 amide bonds. The number of nitrogens with one attached hydrogen (secondary N) is 2. The zero-order valence-electron chi connectivity index (χ0n) is 13.0. The van der Waals surface area contributed by atoms with Crippen molar-refractivity contribution < 1.29 is 9.18 Å². The number of hydrogen-bond acceptors (Lipinski definition) is 5. The molecule has 8 heteroatoms. The van der Waals surface area contributed by atoms with Gasteiger partial charge in [-0.15, -0.1) is 0 Å². The normalized spacial score (nSPS) is 19.9. The molecule has 2 aromatic carbocycles. The molecule has 0 spiro atoms. The van der Waals surface area contributed by atoms with E-state index in [0.29, 0.717) is 15.6 Å². The predicted molar refractivity (Wildman–Crippen MR) is 97.8 cm³/mol. The first-order valence-electron chi connectivity index (χ1n) is 7.34. The molecule has 3 rings (SSSR count). The van der Waals surface area contributed by atoms with Crippen molar-refractivity contribution >= 4 is 33.5 Å². The minimum Gasteiger partial charge on any atom is -0.370 e. The summed E-state index contributed by atoms with van der Waals surface area (Å²) in [4.78, 5) is 16.3. The number of aliphatic imine (C=N–C) groups is 1. The molecule has 6 nitrogen and oxygen atoms in total. The first-order valence-corrected chi connectivity index (χ1v) is 8.13. The number of nitrogens with zero attached hydrogens (tertiary/aromatic N) is 1. The van der Waals surface area contributed by atoms with Crippen LogP contribution in [0.1, 0.15) is 15.9 Å². The number of amides is 1. The largest absolute Gasteiger partial charge is 0.370 e. The van der Waals surface area contributed by atoms with Gasteiger partial charge in [-0.2, -0.15) is 0 Å². The van der Waals surface area contributed by atoms with Crippen LogP contribution >= 0.6 is 15.9 Å². The molecule has 2 aromatic rings. The van der Waals surface area contributed by atoms with Gasteiger partial charge in [-0.05, 0) is 18.2 Å². The number of nitrogens with two attached hydrogens (primary N) is 2. The number of benzene rings is 2. The van der Waals surface area contributed by atoms with Crippen molar-refractivity contribution in [2.45, 2.75) is 5.79 Å². The Morgan fingerprint density at radius 3 is 2.60 bits per heavy atom. The lowest BCUT2D eigenvalue weighted by atomic mass is 10.1. The summed E-state index contributed by atoms with van der Waals surface area (Å²) in [5.74, 6) is -3.61. The first-order chi connectivity index (χ1) is 11.9. The number of rotatable bonds is 3. The molecule has 1 aliphatic heterocycles. The Morgan fingerprint density at radius 1 is 1.20 bits per heavy atom. The summed E-state index contributed by atoms with van der Waals surface area (Å²) >= 11 is 3.28. The van der Waals surface area contributed by atoms with E-state index in [1.165, 1.54) is 0 Å². The van der Waals surface area contributed by atoms with E-state index in [4.69, 9.17) is 11.5 Å². The minimum atomic E-state index is -2.10. The predicted octanol–water partition coefficient (Wildman–Crippen LogP) is 2.05. The summed E-state index contributed by atoms with van der Waals surface area (Å²) in [6.07, 6.45) is 0. The van der Waals surface area contributed by atoms with E-state index in [2.05, 4.69) is 31.6 Å². The van der Waals surface area contributed by atoms with Gasteiger partial charge < -0.3 is 16.4 Å². The van der Waals surface area contributed by atoms with Gasteiger partial charge in [-0.25, -0.2) is 9.38 Å². The summed E-state index contributed by atoms with van der Waals surface area (Å²) < 4.78 is 15.7. The van der Waals surface area contributed by atoms with Crippen molar-refractivity contribution in [3.8, 4) is 0 Å². The number of carbonyl (C=O) groups is 1. The van der Waals surface area contributed by atoms with Gasteiger partial charge in [0, 0.05) is 15.6 Å². The van der Waals surface area contributed by atoms with Crippen LogP contribution in [0, 0.1) is 0 Å². The molecule has 1 aliphatic rings. The van der Waals surface area contributed by atoms with Crippen LogP contribution in [0.5, 0.6) is 0 Å². The minimum absolute atomic E-state index is 0.0603. The molecule has 0 saturated heterocycles. The van der Waals surface area contributed by atoms with Crippen LogP contribution in [0.15, 0.2) is 69.9 Å². The van der Waals surface area contributed by atoms with E-state index >= 15 is 4.39 Å². The smallest absolute Gasteiger partial charge is 0.254 e. The molecule has 25 heavy (non-hydrogen) atoms. The monoisotopic (exact) mass is 403 g/mol. The third-order valence-corrected chi connectivity index (χ3v) is 4.05. The molecular weight excluding hydrogens is 389 g/mol. The molecule has 128 valence electrons. The maximum atomic E-state index is 15.0. The Balaban J connectivity index is 1.96. The zero-order valence-corrected chi connectivity index (χ0v) is 14.5. The van der Waals surface area contributed by atoms with E-state index in [1.54, 1.807) is 54.6 Å². The average molecular weight is 404 g/mol. The molecule has 6 N–H and O–H groups in total. The highest BCUT2D eigenvalue weighted by atomic mass is 79.9. The fourth-order valence-corrected chi connectivity index (χ4v) is 2.80. The highest BCUT2D eigenvalue weighted by Gasteiger charge is 2.39. The maximum absolute atomic E-state index is 15.0. The van der Waals surface area contributed by atoms with Gasteiger partial charge in [0.15, 0.2) is 11.8 Å². The van der Waals surface area contributed by atoms with E-state index in [-0.39, 0.29) is 11.7 Å². The van der Waals surface area contributed by atoms with Crippen LogP contribution in [0.2, 0.25) is 0 Å². The van der Waals surface area contributed by atoms with Crippen LogP contribution in [0.3, 0.4) is 0 Å². The Hall–Kier alpha value is -2.71. The number of guanidine groups is 1. The van der Waals surface area contributed by atoms with Crippen molar-refractivity contribution in [2.24, 2.45) is 16.5 Å². The fraction of sp³-hybridized carbons (Fsp3) is 0.0588. The van der Waals surface area contributed by atoms with Gasteiger partial charge in [0.1, 0.15) is 0 Å². The molecule has 0 fully saturated rings. The van der Waals surface area contributed by atoms with E-state index in [0.717, 1.165) is 0 Å². The molecule has 0 aliphatic carbocycles. The Bertz CT molecular complexity index is 884. The molecule has 0 radical (unpaired) electrons. The lowest BCUT2D eigenvalue weighted by molar-refractivity contribution is 0.0908. The summed E-state index contributed by atoms with van der Waals surface area (Å²) in [5, 5.41) is 5.05. The van der Waals surface area contributed by atoms with E-state index < -0.39 is 17.5 Å². The Morgan fingerprint density at radius 2 is 1.92 bits per heavy atom. The van der Waals surface area contributed by atoms with Crippen molar-refractivity contribution in [3.05, 3.63) is 76.0 Å². The maximum Gasteiger partial charge on any atom is 0.254 e. The molecule has 1 unspecified atom stereocenters. The number of hydrogen-bond donors (Lipinski definition) is 4. The van der Waals surface area contributed by atoms with E-state index in [9.17, 15) is 4.79 Å². The summed E-state index contributed by atoms with van der Waals surface area (Å²) in [6, 6.07) is 15.3. The second kappa shape index (κ2) is 6.66. The molecule has 0 saturated carbocycles. The van der Waals surface area contributed by atoms with Crippen LogP contribution in [0.4, 0.5) is 4.39 Å². The van der Waals surface area contributed by atoms with Crippen LogP contribution < -0.4 is 22.1 Å². The summed E-state index contributed by atoms with van der Waals surface area (Å²) in [6.45, 7) is 0. The summed E-state index contributed by atoms with van der Waals surface area (Å²) in [5.41, 5.74) is 12.6. The number of halogens is 2. The summed E-state index contributed by atoms with van der Waals surface area (Å²) in [7, 11) is 0. The highest BCUT2D eigenvalue weighted by Crippen LogP contribution is 2.27. The first kappa shape index (κ1) is 17.1. The highest BCUT2D eigenvalue weighted by molar-refractivity contribution is 9.10. The lowest BCUT2D eigenvalue weighted by Gasteiger charge is -2.31. The van der Waals surface area contributed by atoms with Crippen LogP contribution in [-0.2, 0) is 0 Å². The van der Waals surface area contributed by atoms with Gasteiger partial charge >= 0.3 is 0 Å². The molecule has 1 atom stereocenters. The third-order valence-electron chi connectivity index (χ3n) is 3.56. The van der Waals surface area contributed by atoms with Crippen molar-refractivity contribution in [2.75, 3.05) is 0 Å². The van der Waals surface area contributed by atoms with Crippen molar-refractivity contribution in [1.82, 2.24) is 10.6 Å². The van der Waals surface area contributed by atoms with Gasteiger partial charge in [0.2, 0.25) is 5.79 Å². The fourth-order valence-electron chi connectivity index (χ4n) is 2.40. The molecule has 0 aromatic heterocycles. The van der Waals surface area contributed by atoms with Gasteiger partial charge in [-0.3, -0.25) is 10.5 Å². The van der Waals surface area contributed by atoms with Crippen LogP contribution in [0.25, 0.3) is 5.70 Å². The Kier molecular flexibility index (Phi) is 4.56. The van der Waals surface area contributed by atoms with Crippen molar-refractivity contribution in [3.63, 3.8) is 0 Å². The van der Waals surface area contributed by atoms with Crippen molar-refractivity contribution in [1.29, 1.82) is 0 Å². The number of carbonyl (C=O) groups excluding carboxylic acids is 1. The second-order valence-electron chi connectivity index (χ2n) is 5.41. The topological polar surface area (TPSA) is 106 Å². The van der Waals surface area contributed by atoms with Gasteiger partial charge in [0.25, 0.3) is 5.91 Å². The second-order valence-corrected chi connectivity index (χ2v) is 6.32. The SMILES string of the molecule is NC1=NC(N)(NC(=O)c2cccc(Br)c2)C(F)=C(c2ccccc2)N1. The molecule has 0 bridgehead atoms. The molecular formula is C17H15BrFN5O. The quantitative estimate of drug-likeness (QED) is 0.588. The van der Waals surface area contributed by atoms with Gasteiger partial charge in [-0.1, -0.05) is 52.3 Å².